The Morgan fingerprint density at radius 2 is 1.73 bits per heavy atom. The molecule has 0 radical (unpaired) electrons. The molecule has 0 aromatic heterocycles. The van der Waals surface area contributed by atoms with Gasteiger partial charge in [0.2, 0.25) is 11.8 Å². The van der Waals surface area contributed by atoms with Gasteiger partial charge in [0.15, 0.2) is 0 Å². The number of alkyl halides is 3. The predicted octanol–water partition coefficient (Wildman–Crippen LogP) is 3.32. The maximum absolute atomic E-state index is 13.0. The van der Waals surface area contributed by atoms with Crippen LogP contribution in [0.5, 0.6) is 0 Å². The van der Waals surface area contributed by atoms with Crippen molar-refractivity contribution in [1.82, 2.24) is 4.90 Å². The van der Waals surface area contributed by atoms with E-state index in [1.807, 2.05) is 4.90 Å². The molecule has 0 saturated carbocycles. The molecule has 0 bridgehead atoms. The highest BCUT2D eigenvalue weighted by Crippen LogP contribution is 2.34. The third-order valence-electron chi connectivity index (χ3n) is 5.97. The van der Waals surface area contributed by atoms with E-state index in [0.717, 1.165) is 12.1 Å². The first-order valence-corrected chi connectivity index (χ1v) is 10.4. The van der Waals surface area contributed by atoms with Crippen molar-refractivity contribution in [3.05, 3.63) is 64.2 Å². The van der Waals surface area contributed by atoms with Crippen molar-refractivity contribution in [1.29, 1.82) is 0 Å². The topological polar surface area (TPSA) is 87.0 Å². The van der Waals surface area contributed by atoms with Gasteiger partial charge in [0.05, 0.1) is 16.4 Å². The third kappa shape index (κ3) is 4.62. The van der Waals surface area contributed by atoms with Crippen molar-refractivity contribution in [2.24, 2.45) is 5.92 Å². The van der Waals surface area contributed by atoms with Gasteiger partial charge in [0.25, 0.3) is 5.69 Å². The fraction of sp³-hybridized carbons (Fsp3) is 0.364. The lowest BCUT2D eigenvalue weighted by Gasteiger charge is -2.36. The minimum Gasteiger partial charge on any atom is -0.362 e. The summed E-state index contributed by atoms with van der Waals surface area (Å²) in [6, 6.07) is 10.9. The van der Waals surface area contributed by atoms with E-state index >= 15 is 0 Å². The summed E-state index contributed by atoms with van der Waals surface area (Å²) in [5, 5.41) is 11.3. The molecule has 1 unspecified atom stereocenters. The Morgan fingerprint density at radius 1 is 1.03 bits per heavy atom. The van der Waals surface area contributed by atoms with Crippen molar-refractivity contribution in [2.75, 3.05) is 42.5 Å². The highest BCUT2D eigenvalue weighted by atomic mass is 19.4. The van der Waals surface area contributed by atoms with Crippen LogP contribution >= 0.6 is 0 Å². The monoisotopic (exact) mass is 462 g/mol. The van der Waals surface area contributed by atoms with E-state index in [-0.39, 0.29) is 30.2 Å². The average molecular weight is 462 g/mol. The Labute approximate surface area is 187 Å². The van der Waals surface area contributed by atoms with Gasteiger partial charge in [-0.15, -0.1) is 0 Å². The quantitative estimate of drug-likeness (QED) is 0.514. The molecule has 2 aliphatic rings. The molecular weight excluding hydrogens is 441 g/mol. The second kappa shape index (κ2) is 8.72. The second-order valence-electron chi connectivity index (χ2n) is 8.01. The van der Waals surface area contributed by atoms with Crippen LogP contribution in [0.25, 0.3) is 0 Å². The van der Waals surface area contributed by atoms with Gasteiger partial charge >= 0.3 is 6.18 Å². The lowest BCUT2D eigenvalue weighted by Crippen LogP contribution is -2.50. The van der Waals surface area contributed by atoms with E-state index in [1.54, 1.807) is 23.1 Å². The largest absolute Gasteiger partial charge is 0.416 e. The summed E-state index contributed by atoms with van der Waals surface area (Å²) >= 11 is 0. The van der Waals surface area contributed by atoms with Crippen LogP contribution in [-0.4, -0.2) is 54.4 Å². The highest BCUT2D eigenvalue weighted by Gasteiger charge is 2.39. The standard InChI is InChI=1S/C22H21F3N4O4/c23-22(24,25)16-4-3-5-17(13-16)28-14-15(12-20(28)30)21(31)27-10-8-26(9-11-27)18-6-1-2-7-19(18)29(32)33/h1-7,13,15H,8-12,14H2. The Bertz CT molecular complexity index is 1080. The maximum Gasteiger partial charge on any atom is 0.416 e. The molecule has 4 rings (SSSR count). The van der Waals surface area contributed by atoms with Crippen LogP contribution in [0.1, 0.15) is 12.0 Å². The molecule has 8 nitrogen and oxygen atoms in total. The number of nitro groups is 1. The first kappa shape index (κ1) is 22.6. The number of carbonyl (C=O) groups excluding carboxylic acids is 2. The molecule has 2 heterocycles. The van der Waals surface area contributed by atoms with Gasteiger partial charge in [-0.3, -0.25) is 19.7 Å². The third-order valence-corrected chi connectivity index (χ3v) is 5.97. The summed E-state index contributed by atoms with van der Waals surface area (Å²) in [4.78, 5) is 41.0. The van der Waals surface area contributed by atoms with E-state index < -0.39 is 28.5 Å². The summed E-state index contributed by atoms with van der Waals surface area (Å²) in [5.74, 6) is -1.28. The number of rotatable bonds is 4. The van der Waals surface area contributed by atoms with Gasteiger partial charge in [-0.25, -0.2) is 0 Å². The number of hydrogen-bond donors (Lipinski definition) is 0. The van der Waals surface area contributed by atoms with Crippen LogP contribution in [0.3, 0.4) is 0 Å². The zero-order valence-corrected chi connectivity index (χ0v) is 17.5. The first-order valence-electron chi connectivity index (χ1n) is 10.4. The summed E-state index contributed by atoms with van der Waals surface area (Å²) in [6.07, 6.45) is -4.60. The Hall–Kier alpha value is -3.63. The van der Waals surface area contributed by atoms with Gasteiger partial charge in [-0.1, -0.05) is 18.2 Å². The summed E-state index contributed by atoms with van der Waals surface area (Å²) in [7, 11) is 0. The van der Waals surface area contributed by atoms with Crippen LogP contribution in [-0.2, 0) is 15.8 Å². The van der Waals surface area contributed by atoms with Crippen LogP contribution in [0.2, 0.25) is 0 Å². The van der Waals surface area contributed by atoms with Gasteiger partial charge in [0, 0.05) is 50.9 Å². The molecule has 2 aromatic carbocycles. The molecule has 0 spiro atoms. The lowest BCUT2D eigenvalue weighted by molar-refractivity contribution is -0.384. The molecule has 2 aromatic rings. The minimum atomic E-state index is -4.53. The van der Waals surface area contributed by atoms with E-state index in [4.69, 9.17) is 0 Å². The molecular formula is C22H21F3N4O4. The van der Waals surface area contributed by atoms with Crippen LogP contribution in [0.4, 0.5) is 30.2 Å². The number of anilines is 2. The smallest absolute Gasteiger partial charge is 0.362 e. The predicted molar refractivity (Wildman–Crippen MR) is 114 cm³/mol. The normalized spacial score (nSPS) is 19.2. The van der Waals surface area contributed by atoms with E-state index in [1.165, 1.54) is 23.1 Å². The van der Waals surface area contributed by atoms with Crippen molar-refractivity contribution < 1.29 is 27.7 Å². The number of nitrogens with zero attached hydrogens (tertiary/aromatic N) is 4. The number of piperazine rings is 1. The first-order chi connectivity index (χ1) is 15.6. The SMILES string of the molecule is O=C(C1CC(=O)N(c2cccc(C(F)(F)F)c2)C1)N1CCN(c2ccccc2[N+](=O)[O-])CC1. The Balaban J connectivity index is 1.40. The minimum absolute atomic E-state index is 0.00426. The molecule has 2 saturated heterocycles. The van der Waals surface area contributed by atoms with Crippen molar-refractivity contribution in [3.63, 3.8) is 0 Å². The molecule has 1 atom stereocenters. The molecule has 0 N–H and O–H groups in total. The molecule has 174 valence electrons. The van der Waals surface area contributed by atoms with Crippen LogP contribution in [0, 0.1) is 16.0 Å². The van der Waals surface area contributed by atoms with Crippen molar-refractivity contribution >= 4 is 28.9 Å². The van der Waals surface area contributed by atoms with Gasteiger partial charge in [-0.2, -0.15) is 13.2 Å². The number of hydrogen-bond acceptors (Lipinski definition) is 5. The molecule has 11 heteroatoms. The van der Waals surface area contributed by atoms with Crippen LogP contribution < -0.4 is 9.80 Å². The van der Waals surface area contributed by atoms with E-state index in [2.05, 4.69) is 0 Å². The zero-order valence-electron chi connectivity index (χ0n) is 17.5. The molecule has 2 fully saturated rings. The zero-order chi connectivity index (χ0) is 23.8. The Morgan fingerprint density at radius 3 is 2.39 bits per heavy atom. The lowest BCUT2D eigenvalue weighted by atomic mass is 10.1. The summed E-state index contributed by atoms with van der Waals surface area (Å²) < 4.78 is 39.1. The average Bonchev–Trinajstić information content (AvgIpc) is 3.20. The highest BCUT2D eigenvalue weighted by molar-refractivity contribution is 6.00. The maximum atomic E-state index is 13.0. The number of carbonyl (C=O) groups is 2. The second-order valence-corrected chi connectivity index (χ2v) is 8.01. The molecule has 2 aliphatic heterocycles. The summed E-state index contributed by atoms with van der Waals surface area (Å²) in [5.41, 5.74) is -0.253. The number of para-hydroxylation sites is 2. The molecule has 0 aliphatic carbocycles. The number of nitro benzene ring substituents is 1. The summed E-state index contributed by atoms with van der Waals surface area (Å²) in [6.45, 7) is 1.48. The van der Waals surface area contributed by atoms with Gasteiger partial charge in [-0.05, 0) is 24.3 Å². The number of benzene rings is 2. The van der Waals surface area contributed by atoms with Gasteiger partial charge in [0.1, 0.15) is 5.69 Å². The molecule has 2 amide bonds. The van der Waals surface area contributed by atoms with E-state index in [9.17, 15) is 32.9 Å². The van der Waals surface area contributed by atoms with E-state index in [0.29, 0.717) is 31.9 Å². The number of halogens is 3. The fourth-order valence-corrected chi connectivity index (χ4v) is 4.28. The molecule has 33 heavy (non-hydrogen) atoms. The number of amides is 2. The fourth-order valence-electron chi connectivity index (χ4n) is 4.28. The van der Waals surface area contributed by atoms with Crippen molar-refractivity contribution in [3.8, 4) is 0 Å². The van der Waals surface area contributed by atoms with Gasteiger partial charge < -0.3 is 14.7 Å². The Kier molecular flexibility index (Phi) is 5.96. The van der Waals surface area contributed by atoms with Crippen molar-refractivity contribution in [2.45, 2.75) is 12.6 Å². The van der Waals surface area contributed by atoms with Crippen LogP contribution in [0.15, 0.2) is 48.5 Å².